The molecule has 0 bridgehead atoms. The van der Waals surface area contributed by atoms with Gasteiger partial charge in [0.05, 0.1) is 31.3 Å². The Morgan fingerprint density at radius 2 is 0.844 bits per heavy atom. The first-order valence-corrected chi connectivity index (χ1v) is 43.6. The molecular formula is C60H95Na7O35S7. The Hall–Kier alpha value is 4.81. The SMILES string of the molecule is CCCCCCCCCCCCCCCCCCOC(=O)[C@@]1(C)CC[C@]2(C)CC[C@]3(C)C(=CC(=O)[C@@H]4[C@@]5(C)CC[C@H](O[C@@H]6O[C@H](COS(=O)(=O)[O-])[C@@H](O[C@@H]7O[C@H](COS(=O)(=O)[O-])[C@H](OS(=O)(=O)[O-])[C@H](OS(=O)(=O)[O-])[C@H]7OS(=O)(=O)[O-])[C@H](OS(=O)(=O)[O-])[C@H]6OS(=O)(=O)[O-])C(C)(C)[C@@H]5CC[C@]43C)[C@@H]2C1.[Na+].[Na+].[Na+].[Na+].[Na+].[Na+].[Na+]. The number of rotatable bonds is 38. The molecule has 0 spiro atoms. The van der Waals surface area contributed by atoms with Gasteiger partial charge in [-0.3, -0.25) is 38.9 Å². The van der Waals surface area contributed by atoms with Crippen LogP contribution in [0.15, 0.2) is 11.6 Å². The van der Waals surface area contributed by atoms with Crippen LogP contribution in [0.4, 0.5) is 0 Å². The Bertz CT molecular complexity index is 3820. The van der Waals surface area contributed by atoms with Crippen LogP contribution in [0.5, 0.6) is 0 Å². The van der Waals surface area contributed by atoms with Crippen molar-refractivity contribution in [2.45, 2.75) is 283 Å². The topological polar surface area (TPSA) is 545 Å². The van der Waals surface area contributed by atoms with Gasteiger partial charge in [-0.2, -0.15) is 0 Å². The van der Waals surface area contributed by atoms with Crippen molar-refractivity contribution in [3.8, 4) is 0 Å². The summed E-state index contributed by atoms with van der Waals surface area (Å²) in [6.07, 6.45) is -7.76. The molecule has 0 aromatic carbocycles. The van der Waals surface area contributed by atoms with Crippen LogP contribution in [0, 0.1) is 50.2 Å². The molecule has 0 amide bonds. The van der Waals surface area contributed by atoms with Crippen LogP contribution in [0.25, 0.3) is 0 Å². The quantitative estimate of drug-likeness (QED) is 0.0138. The molecule has 0 aromatic heterocycles. The fourth-order valence-corrected chi connectivity index (χ4v) is 20.9. The van der Waals surface area contributed by atoms with Crippen LogP contribution in [0.1, 0.15) is 216 Å². The maximum absolute atomic E-state index is 15.5. The molecule has 19 atom stereocenters. The van der Waals surface area contributed by atoms with Gasteiger partial charge in [-0.15, -0.1) is 0 Å². The van der Waals surface area contributed by atoms with E-state index in [1.165, 1.54) is 77.0 Å². The van der Waals surface area contributed by atoms with Gasteiger partial charge in [0.25, 0.3) is 0 Å². The Labute approximate surface area is 798 Å². The molecule has 6 fully saturated rings. The number of ether oxygens (including phenoxy) is 5. The fraction of sp³-hybridized carbons (Fsp3) is 0.933. The average molecular weight is 1760 g/mol. The molecule has 35 nitrogen and oxygen atoms in total. The summed E-state index contributed by atoms with van der Waals surface area (Å²) in [6, 6.07) is 0. The van der Waals surface area contributed by atoms with Crippen LogP contribution in [0.3, 0.4) is 0 Å². The number of unbranched alkanes of at least 4 members (excludes halogenated alkanes) is 15. The first kappa shape index (κ1) is 114. The van der Waals surface area contributed by atoms with Crippen molar-refractivity contribution >= 4 is 84.5 Å². The van der Waals surface area contributed by atoms with E-state index in [4.69, 9.17) is 27.9 Å². The van der Waals surface area contributed by atoms with Gasteiger partial charge in [-0.25, -0.2) is 58.9 Å². The number of hydrogen-bond donors (Lipinski definition) is 0. The number of esters is 1. The smallest absolute Gasteiger partial charge is 0.726 e. The Kier molecular flexibility index (Phi) is 48.2. The third-order valence-electron chi connectivity index (χ3n) is 22.9. The Balaban J connectivity index is 0.0000167. The summed E-state index contributed by atoms with van der Waals surface area (Å²) in [6.45, 7) is 12.4. The van der Waals surface area contributed by atoms with Gasteiger partial charge in [0, 0.05) is 5.92 Å². The van der Waals surface area contributed by atoms with Crippen molar-refractivity contribution < 1.29 is 360 Å². The molecule has 594 valence electrons. The molecule has 49 heteroatoms. The van der Waals surface area contributed by atoms with Gasteiger partial charge in [0.2, 0.25) is 72.8 Å². The standard InChI is InChI=1S/C60H102O35S7.7Na/c1-9-10-11-12-13-14-15-16-17-18-19-20-21-22-23-24-33-84-54(62)57(5)30-29-56(4)31-32-59(7)38(39(56)35-57)34-40(61)51-58(6)27-26-44(55(2,3)43(58)25-28-60(51,59)8)89-52-49(94-101(78,79)80)47(92-99(72,73)74)45(41(87-52)36-85-96(63,64)65)90-53-50(95-102(81,82)83)48(93-100(75,76)77)46(91-98(69,70)71)42(88-53)37-86-97(66,67)68;;;;;;;/h34,39,41-53H,9-33,35-37H2,1-8H3,(H,63,64,65)(H,66,67,68)(H,69,70,71)(H,72,73,74)(H,75,76,77)(H,78,79,80)(H,81,82,83);;;;;;;/q;7*+1/p-7/t39-,41+,42+,43-,44-,45+,46-,47-,48-,49+,50+,51+,52-,53-,56+,57-,58-,59+,60+;;;;;;;/m0......./s1. The van der Waals surface area contributed by atoms with Gasteiger partial charge < -0.3 is 55.6 Å². The third kappa shape index (κ3) is 31.8. The molecule has 0 aromatic rings. The molecule has 109 heavy (non-hydrogen) atoms. The summed E-state index contributed by atoms with van der Waals surface area (Å²) in [5.74, 6) is -1.83. The molecule has 7 aliphatic rings. The molecular weight excluding hydrogens is 1670 g/mol. The molecule has 2 heterocycles. The van der Waals surface area contributed by atoms with Crippen molar-refractivity contribution in [1.82, 2.24) is 0 Å². The second-order valence-corrected chi connectivity index (χ2v) is 37.2. The van der Waals surface area contributed by atoms with E-state index in [-0.39, 0.29) is 243 Å². The number of fused-ring (bicyclic) bond motifs is 7. The first-order chi connectivity index (χ1) is 46.8. The minimum Gasteiger partial charge on any atom is -0.726 e. The van der Waals surface area contributed by atoms with E-state index < -0.39 is 192 Å². The molecule has 4 saturated carbocycles. The fourth-order valence-electron chi connectivity index (χ4n) is 17.8. The second kappa shape index (κ2) is 46.2. The Morgan fingerprint density at radius 1 is 0.459 bits per heavy atom. The number of ketones is 1. The van der Waals surface area contributed by atoms with Crippen LogP contribution in [-0.2, 0) is 135 Å². The normalized spacial score (nSPS) is 33.9. The third-order valence-corrected chi connectivity index (χ3v) is 26.0. The number of carbonyl (C=O) groups excluding carboxylic acids is 2. The monoisotopic (exact) mass is 1760 g/mol. The molecule has 0 radical (unpaired) electrons. The second-order valence-electron chi connectivity index (χ2n) is 30.1. The van der Waals surface area contributed by atoms with Crippen LogP contribution in [-0.4, -0.2) is 190 Å². The number of allylic oxidation sites excluding steroid dienone is 2. The zero-order valence-electron chi connectivity index (χ0n) is 65.1. The summed E-state index contributed by atoms with van der Waals surface area (Å²) in [5.41, 5.74) is -3.60. The van der Waals surface area contributed by atoms with Gasteiger partial charge in [-0.1, -0.05) is 150 Å². The van der Waals surface area contributed by atoms with Crippen LogP contribution in [0.2, 0.25) is 0 Å². The van der Waals surface area contributed by atoms with Crippen LogP contribution >= 0.6 is 0 Å². The minimum absolute atomic E-state index is 0. The molecule has 0 unspecified atom stereocenters. The van der Waals surface area contributed by atoms with Crippen molar-refractivity contribution in [3.63, 3.8) is 0 Å². The summed E-state index contributed by atoms with van der Waals surface area (Å²) < 4.78 is 316. The van der Waals surface area contributed by atoms with Gasteiger partial charge >= 0.3 is 213 Å². The Morgan fingerprint density at radius 3 is 1.28 bits per heavy atom. The van der Waals surface area contributed by atoms with E-state index in [0.717, 1.165) is 44.1 Å². The number of carbonyl (C=O) groups is 2. The van der Waals surface area contributed by atoms with E-state index in [2.05, 4.69) is 52.8 Å². The largest absolute Gasteiger partial charge is 1.00 e. The van der Waals surface area contributed by atoms with E-state index in [9.17, 15) is 95.6 Å². The predicted octanol–water partition coefficient (Wildman–Crippen LogP) is -15.8. The van der Waals surface area contributed by atoms with Crippen LogP contribution < -0.4 is 207 Å². The maximum atomic E-state index is 15.5. The number of hydrogen-bond acceptors (Lipinski definition) is 35. The molecule has 5 aliphatic carbocycles. The molecule has 7 rings (SSSR count). The first-order valence-electron chi connectivity index (χ1n) is 34.2. The van der Waals surface area contributed by atoms with E-state index >= 15 is 4.79 Å². The van der Waals surface area contributed by atoms with Crippen molar-refractivity contribution in [3.05, 3.63) is 11.6 Å². The minimum atomic E-state index is -6.52. The molecule has 0 N–H and O–H groups in total. The van der Waals surface area contributed by atoms with Gasteiger partial charge in [0.1, 0.15) is 36.6 Å². The van der Waals surface area contributed by atoms with Crippen molar-refractivity contribution in [2.75, 3.05) is 19.8 Å². The van der Waals surface area contributed by atoms with Gasteiger partial charge in [-0.05, 0) is 116 Å². The van der Waals surface area contributed by atoms with E-state index in [1.54, 1.807) is 19.9 Å². The average Bonchev–Trinajstić information content (AvgIpc) is 0.672. The van der Waals surface area contributed by atoms with Crippen molar-refractivity contribution in [2.24, 2.45) is 50.2 Å². The van der Waals surface area contributed by atoms with E-state index in [1.807, 2.05) is 13.8 Å². The molecule has 2 saturated heterocycles. The summed E-state index contributed by atoms with van der Waals surface area (Å²) in [7, 11) is -44.3. The molecule has 2 aliphatic heterocycles. The van der Waals surface area contributed by atoms with Crippen molar-refractivity contribution in [1.29, 1.82) is 0 Å². The maximum Gasteiger partial charge on any atom is 1.00 e. The summed E-state index contributed by atoms with van der Waals surface area (Å²) in [5, 5.41) is 0. The zero-order chi connectivity index (χ0) is 76.3. The van der Waals surface area contributed by atoms with Gasteiger partial charge in [0.15, 0.2) is 30.6 Å². The summed E-state index contributed by atoms with van der Waals surface area (Å²) in [4.78, 5) is 29.7. The van der Waals surface area contributed by atoms with E-state index in [0.29, 0.717) is 38.7 Å². The summed E-state index contributed by atoms with van der Waals surface area (Å²) >= 11 is 0. The predicted molar refractivity (Wildman–Crippen MR) is 341 cm³/mol. The zero-order valence-corrected chi connectivity index (χ0v) is 84.8.